The zero-order valence-corrected chi connectivity index (χ0v) is 13.9. The van der Waals surface area contributed by atoms with Gasteiger partial charge in [-0.25, -0.2) is 0 Å². The number of carboxylic acids is 1. The van der Waals surface area contributed by atoms with Crippen molar-refractivity contribution in [2.45, 2.75) is 52.2 Å². The Kier molecular flexibility index (Phi) is 8.86. The van der Waals surface area contributed by atoms with Crippen LogP contribution in [0.2, 0.25) is 0 Å². The van der Waals surface area contributed by atoms with Crippen molar-refractivity contribution in [1.29, 1.82) is 0 Å². The number of amides is 3. The van der Waals surface area contributed by atoms with Crippen LogP contribution < -0.4 is 21.7 Å². The predicted octanol–water partition coefficient (Wildman–Crippen LogP) is -1.43. The second kappa shape index (κ2) is 9.78. The maximum atomic E-state index is 11.7. The van der Waals surface area contributed by atoms with Crippen molar-refractivity contribution in [3.63, 3.8) is 0 Å². The van der Waals surface area contributed by atoms with E-state index in [2.05, 4.69) is 16.0 Å². The standard InChI is InChI=1S/C14H26N4O5/c1-7(2)5-10(15)13(21)16-6-11(19)17-8(3)12(20)18-9(4)14(22)23/h7-10H,5-6,15H2,1-4H3,(H,16,21)(H,17,19)(H,18,20)(H,22,23). The van der Waals surface area contributed by atoms with Crippen LogP contribution in [0.15, 0.2) is 0 Å². The summed E-state index contributed by atoms with van der Waals surface area (Å²) in [6.07, 6.45) is 0.499. The van der Waals surface area contributed by atoms with Gasteiger partial charge in [0.2, 0.25) is 17.7 Å². The van der Waals surface area contributed by atoms with E-state index >= 15 is 0 Å². The molecule has 3 amide bonds. The first-order chi connectivity index (χ1) is 10.5. The summed E-state index contributed by atoms with van der Waals surface area (Å²) in [5.74, 6) is -2.56. The molecule has 9 nitrogen and oxygen atoms in total. The molecule has 0 aromatic rings. The summed E-state index contributed by atoms with van der Waals surface area (Å²) in [6.45, 7) is 6.27. The Bertz CT molecular complexity index is 452. The lowest BCUT2D eigenvalue weighted by Gasteiger charge is -2.17. The molecule has 3 unspecified atom stereocenters. The van der Waals surface area contributed by atoms with Crippen LogP contribution in [-0.4, -0.2) is 53.5 Å². The normalized spacial score (nSPS) is 14.5. The molecule has 0 radical (unpaired) electrons. The number of carbonyl (C=O) groups excluding carboxylic acids is 3. The van der Waals surface area contributed by atoms with Gasteiger partial charge in [-0.3, -0.25) is 19.2 Å². The van der Waals surface area contributed by atoms with Crippen LogP contribution in [0.25, 0.3) is 0 Å². The summed E-state index contributed by atoms with van der Waals surface area (Å²) in [6, 6.07) is -2.68. The molecule has 132 valence electrons. The molecular formula is C14H26N4O5. The van der Waals surface area contributed by atoms with Crippen molar-refractivity contribution < 1.29 is 24.3 Å². The highest BCUT2D eigenvalue weighted by atomic mass is 16.4. The van der Waals surface area contributed by atoms with Crippen molar-refractivity contribution >= 4 is 23.7 Å². The number of nitrogens with two attached hydrogens (primary N) is 1. The lowest BCUT2D eigenvalue weighted by Crippen LogP contribution is -2.52. The Morgan fingerprint density at radius 3 is 2.00 bits per heavy atom. The molecule has 6 N–H and O–H groups in total. The fourth-order valence-electron chi connectivity index (χ4n) is 1.67. The molecule has 0 heterocycles. The Labute approximate surface area is 135 Å². The van der Waals surface area contributed by atoms with E-state index in [1.807, 2.05) is 13.8 Å². The average Bonchev–Trinajstić information content (AvgIpc) is 2.43. The second-order valence-corrected chi connectivity index (χ2v) is 5.81. The van der Waals surface area contributed by atoms with Crippen LogP contribution >= 0.6 is 0 Å². The zero-order chi connectivity index (χ0) is 18.2. The molecule has 0 bridgehead atoms. The Morgan fingerprint density at radius 1 is 0.957 bits per heavy atom. The minimum Gasteiger partial charge on any atom is -0.480 e. The summed E-state index contributed by atoms with van der Waals surface area (Å²) in [4.78, 5) is 45.6. The molecule has 9 heteroatoms. The van der Waals surface area contributed by atoms with Gasteiger partial charge in [-0.2, -0.15) is 0 Å². The molecular weight excluding hydrogens is 304 g/mol. The van der Waals surface area contributed by atoms with Crippen molar-refractivity contribution in [3.8, 4) is 0 Å². The van der Waals surface area contributed by atoms with E-state index in [9.17, 15) is 19.2 Å². The largest absolute Gasteiger partial charge is 0.480 e. The molecule has 0 spiro atoms. The van der Waals surface area contributed by atoms with E-state index in [0.717, 1.165) is 0 Å². The van der Waals surface area contributed by atoms with Gasteiger partial charge in [0.05, 0.1) is 12.6 Å². The number of carbonyl (C=O) groups is 4. The lowest BCUT2D eigenvalue weighted by molar-refractivity contribution is -0.141. The molecule has 0 aliphatic heterocycles. The predicted molar refractivity (Wildman–Crippen MR) is 83.3 cm³/mol. The molecule has 3 atom stereocenters. The van der Waals surface area contributed by atoms with Crippen molar-refractivity contribution in [2.24, 2.45) is 11.7 Å². The highest BCUT2D eigenvalue weighted by Crippen LogP contribution is 2.02. The highest BCUT2D eigenvalue weighted by molar-refractivity contribution is 5.92. The van der Waals surface area contributed by atoms with Gasteiger partial charge in [-0.05, 0) is 26.2 Å². The van der Waals surface area contributed by atoms with Gasteiger partial charge in [-0.15, -0.1) is 0 Å². The van der Waals surface area contributed by atoms with Crippen molar-refractivity contribution in [2.75, 3.05) is 6.54 Å². The van der Waals surface area contributed by atoms with Crippen molar-refractivity contribution in [3.05, 3.63) is 0 Å². The van der Waals surface area contributed by atoms with Crippen LogP contribution in [0.1, 0.15) is 34.1 Å². The summed E-state index contributed by atoms with van der Waals surface area (Å²) in [5.41, 5.74) is 5.67. The average molecular weight is 330 g/mol. The zero-order valence-electron chi connectivity index (χ0n) is 13.9. The Balaban J connectivity index is 4.21. The summed E-state index contributed by atoms with van der Waals surface area (Å²) >= 11 is 0. The molecule has 0 fully saturated rings. The minimum atomic E-state index is -1.18. The summed E-state index contributed by atoms with van der Waals surface area (Å²) in [5, 5.41) is 15.7. The smallest absolute Gasteiger partial charge is 0.325 e. The van der Waals surface area contributed by atoms with E-state index < -0.39 is 41.8 Å². The molecule has 0 rings (SSSR count). The molecule has 0 saturated heterocycles. The van der Waals surface area contributed by atoms with E-state index in [-0.39, 0.29) is 12.5 Å². The first kappa shape index (κ1) is 20.8. The third kappa shape index (κ3) is 8.77. The van der Waals surface area contributed by atoms with Gasteiger partial charge in [-0.1, -0.05) is 13.8 Å². The molecule has 0 aromatic carbocycles. The maximum absolute atomic E-state index is 11.7. The van der Waals surface area contributed by atoms with Crippen LogP contribution in [0.4, 0.5) is 0 Å². The minimum absolute atomic E-state index is 0.254. The van der Waals surface area contributed by atoms with Gasteiger partial charge in [0.25, 0.3) is 0 Å². The van der Waals surface area contributed by atoms with Gasteiger partial charge in [0.1, 0.15) is 12.1 Å². The molecule has 23 heavy (non-hydrogen) atoms. The van der Waals surface area contributed by atoms with Crippen molar-refractivity contribution in [1.82, 2.24) is 16.0 Å². The van der Waals surface area contributed by atoms with E-state index in [4.69, 9.17) is 10.8 Å². The lowest BCUT2D eigenvalue weighted by atomic mass is 10.0. The fourth-order valence-corrected chi connectivity index (χ4v) is 1.67. The topological polar surface area (TPSA) is 151 Å². The fraction of sp³-hybridized carbons (Fsp3) is 0.714. The third-order valence-electron chi connectivity index (χ3n) is 2.99. The number of aliphatic carboxylic acids is 1. The molecule has 0 saturated carbocycles. The third-order valence-corrected chi connectivity index (χ3v) is 2.99. The highest BCUT2D eigenvalue weighted by Gasteiger charge is 2.21. The first-order valence-electron chi connectivity index (χ1n) is 7.40. The van der Waals surface area contributed by atoms with E-state index in [0.29, 0.717) is 6.42 Å². The second-order valence-electron chi connectivity index (χ2n) is 5.81. The van der Waals surface area contributed by atoms with Crippen LogP contribution in [-0.2, 0) is 19.2 Å². The van der Waals surface area contributed by atoms with Gasteiger partial charge in [0.15, 0.2) is 0 Å². The Hall–Kier alpha value is -2.16. The quantitative estimate of drug-likeness (QED) is 0.350. The summed E-state index contributed by atoms with van der Waals surface area (Å²) in [7, 11) is 0. The van der Waals surface area contributed by atoms with Gasteiger partial charge >= 0.3 is 5.97 Å². The number of nitrogens with one attached hydrogen (secondary N) is 3. The van der Waals surface area contributed by atoms with E-state index in [1.54, 1.807) is 0 Å². The van der Waals surface area contributed by atoms with Gasteiger partial charge < -0.3 is 26.8 Å². The van der Waals surface area contributed by atoms with Gasteiger partial charge in [0, 0.05) is 0 Å². The SMILES string of the molecule is CC(C)CC(N)C(=O)NCC(=O)NC(C)C(=O)NC(C)C(=O)O. The molecule has 0 aliphatic carbocycles. The first-order valence-corrected chi connectivity index (χ1v) is 7.40. The monoisotopic (exact) mass is 330 g/mol. The number of rotatable bonds is 9. The Morgan fingerprint density at radius 2 is 1.52 bits per heavy atom. The van der Waals surface area contributed by atoms with E-state index in [1.165, 1.54) is 13.8 Å². The number of carboxylic acid groups (broad SMARTS) is 1. The van der Waals surface area contributed by atoms with Crippen LogP contribution in [0.5, 0.6) is 0 Å². The molecule has 0 aromatic heterocycles. The maximum Gasteiger partial charge on any atom is 0.325 e. The number of hydrogen-bond donors (Lipinski definition) is 5. The molecule has 0 aliphatic rings. The van der Waals surface area contributed by atoms with Crippen LogP contribution in [0, 0.1) is 5.92 Å². The van der Waals surface area contributed by atoms with Crippen LogP contribution in [0.3, 0.4) is 0 Å². The number of hydrogen-bond acceptors (Lipinski definition) is 5. The summed E-state index contributed by atoms with van der Waals surface area (Å²) < 4.78 is 0.